The third-order valence-corrected chi connectivity index (χ3v) is 7.67. The maximum absolute atomic E-state index is 16.2. The molecule has 3 aromatic heterocycles. The average Bonchev–Trinajstić information content (AvgIpc) is 2.96. The number of hydrogen-bond donors (Lipinski definition) is 2. The Morgan fingerprint density at radius 1 is 1.22 bits per heavy atom. The van der Waals surface area contributed by atoms with Crippen LogP contribution in [-0.4, -0.2) is 50.8 Å². The first-order valence-electron chi connectivity index (χ1n) is 14.6. The van der Waals surface area contributed by atoms with Crippen LogP contribution in [0.3, 0.4) is 0 Å². The molecule has 1 atom stereocenters. The Morgan fingerprint density at radius 3 is 2.60 bits per heavy atom. The van der Waals surface area contributed by atoms with Crippen molar-refractivity contribution in [2.24, 2.45) is 0 Å². The van der Waals surface area contributed by atoms with E-state index in [1.165, 1.54) is 21.6 Å². The van der Waals surface area contributed by atoms with Crippen LogP contribution in [0.4, 0.5) is 19.3 Å². The fourth-order valence-electron chi connectivity index (χ4n) is 5.72. The SMILES string of the molecule is Cc1ccnc(C(C)C)c1-n1c(=O)c(C#N)c(C2CNCCN2C(=O)OC(C)(C)C)c2cc(F)c(-c3c(N)cccc3F)nc21. The largest absolute Gasteiger partial charge is 0.444 e. The number of fused-ring (bicyclic) bond motifs is 1. The van der Waals surface area contributed by atoms with Crippen molar-refractivity contribution in [2.75, 3.05) is 25.4 Å². The number of nitrogens with two attached hydrogens (primary N) is 1. The number of hydrogen-bond acceptors (Lipinski definition) is 8. The number of nitriles is 1. The van der Waals surface area contributed by atoms with Gasteiger partial charge < -0.3 is 15.8 Å². The standard InChI is InChI=1S/C33H35F2N7O3/c1-17(2)27-29(18(3)10-11-39-27)42-30-19(14-22(35)28(40-30)26-21(34)8-7-9-23(26)37)25(20(15-36)31(42)43)24-16-38-12-13-41(24)32(44)45-33(4,5)6/h7-11,14,17,24,38H,12-13,16,37H2,1-6H3. The Kier molecular flexibility index (Phi) is 8.33. The van der Waals surface area contributed by atoms with E-state index in [0.717, 1.165) is 12.1 Å². The lowest BCUT2D eigenvalue weighted by molar-refractivity contribution is 0.0119. The van der Waals surface area contributed by atoms with E-state index in [1.807, 2.05) is 19.9 Å². The molecule has 234 valence electrons. The number of halogens is 2. The van der Waals surface area contributed by atoms with Crippen LogP contribution in [0.5, 0.6) is 0 Å². The van der Waals surface area contributed by atoms with Crippen LogP contribution in [0.25, 0.3) is 28.0 Å². The number of nitrogen functional groups attached to an aromatic ring is 1. The monoisotopic (exact) mass is 615 g/mol. The molecule has 1 amide bonds. The van der Waals surface area contributed by atoms with Crippen molar-refractivity contribution in [1.82, 2.24) is 24.8 Å². The van der Waals surface area contributed by atoms with Crippen molar-refractivity contribution >= 4 is 22.8 Å². The molecule has 0 aliphatic carbocycles. The summed E-state index contributed by atoms with van der Waals surface area (Å²) in [6.45, 7) is 11.6. The number of nitrogens with zero attached hydrogens (tertiary/aromatic N) is 5. The van der Waals surface area contributed by atoms with Crippen LogP contribution >= 0.6 is 0 Å². The van der Waals surface area contributed by atoms with Crippen LogP contribution in [0, 0.1) is 29.9 Å². The van der Waals surface area contributed by atoms with E-state index in [9.17, 15) is 14.9 Å². The van der Waals surface area contributed by atoms with Gasteiger partial charge in [0, 0.05) is 42.5 Å². The third kappa shape index (κ3) is 5.71. The molecule has 10 nitrogen and oxygen atoms in total. The Bertz CT molecular complexity index is 1910. The number of amides is 1. The maximum Gasteiger partial charge on any atom is 0.410 e. The summed E-state index contributed by atoms with van der Waals surface area (Å²) in [4.78, 5) is 38.4. The zero-order valence-electron chi connectivity index (χ0n) is 26.0. The van der Waals surface area contributed by atoms with Gasteiger partial charge in [-0.25, -0.2) is 18.6 Å². The van der Waals surface area contributed by atoms with Crippen molar-refractivity contribution < 1.29 is 18.3 Å². The fourth-order valence-corrected chi connectivity index (χ4v) is 5.72. The van der Waals surface area contributed by atoms with E-state index < -0.39 is 40.6 Å². The lowest BCUT2D eigenvalue weighted by Crippen LogP contribution is -2.50. The van der Waals surface area contributed by atoms with Crippen LogP contribution in [0.1, 0.15) is 69.0 Å². The molecule has 4 aromatic rings. The number of aromatic nitrogens is 3. The molecule has 0 saturated carbocycles. The summed E-state index contributed by atoms with van der Waals surface area (Å²) in [5.74, 6) is -1.87. The number of carbonyl (C=O) groups excluding carboxylic acids is 1. The van der Waals surface area contributed by atoms with Crippen molar-refractivity contribution in [2.45, 2.75) is 59.1 Å². The molecule has 0 spiro atoms. The molecule has 0 radical (unpaired) electrons. The highest BCUT2D eigenvalue weighted by Crippen LogP contribution is 2.37. The van der Waals surface area contributed by atoms with Gasteiger partial charge in [0.2, 0.25) is 0 Å². The molecular weight excluding hydrogens is 580 g/mol. The molecule has 1 saturated heterocycles. The van der Waals surface area contributed by atoms with E-state index in [1.54, 1.807) is 40.0 Å². The predicted octanol–water partition coefficient (Wildman–Crippen LogP) is 5.49. The summed E-state index contributed by atoms with van der Waals surface area (Å²) in [6, 6.07) is 7.95. The highest BCUT2D eigenvalue weighted by Gasteiger charge is 2.36. The average molecular weight is 616 g/mol. The number of piperazine rings is 1. The van der Waals surface area contributed by atoms with Crippen LogP contribution in [-0.2, 0) is 4.74 Å². The number of benzene rings is 1. The van der Waals surface area contributed by atoms with Gasteiger partial charge in [0.05, 0.1) is 23.0 Å². The Balaban J connectivity index is 1.94. The molecule has 5 rings (SSSR count). The molecule has 0 bridgehead atoms. The van der Waals surface area contributed by atoms with Crippen LogP contribution < -0.4 is 16.6 Å². The van der Waals surface area contributed by atoms with Gasteiger partial charge in [-0.15, -0.1) is 0 Å². The van der Waals surface area contributed by atoms with Gasteiger partial charge in [-0.2, -0.15) is 5.26 Å². The topological polar surface area (TPSA) is 139 Å². The minimum absolute atomic E-state index is 0.0410. The second-order valence-corrected chi connectivity index (χ2v) is 12.3. The van der Waals surface area contributed by atoms with Gasteiger partial charge in [0.15, 0.2) is 0 Å². The Morgan fingerprint density at radius 2 is 1.96 bits per heavy atom. The molecule has 1 aromatic carbocycles. The van der Waals surface area contributed by atoms with Crippen molar-refractivity contribution in [3.8, 4) is 23.0 Å². The van der Waals surface area contributed by atoms with Crippen molar-refractivity contribution in [1.29, 1.82) is 5.26 Å². The molecule has 1 unspecified atom stereocenters. The second kappa shape index (κ2) is 11.9. The van der Waals surface area contributed by atoms with Crippen molar-refractivity contribution in [3.05, 3.63) is 80.9 Å². The van der Waals surface area contributed by atoms with Gasteiger partial charge in [0.1, 0.15) is 40.2 Å². The van der Waals surface area contributed by atoms with Gasteiger partial charge in [-0.3, -0.25) is 19.2 Å². The number of nitrogens with one attached hydrogen (secondary N) is 1. The van der Waals surface area contributed by atoms with E-state index in [-0.39, 0.29) is 52.4 Å². The number of ether oxygens (including phenoxy) is 1. The highest BCUT2D eigenvalue weighted by atomic mass is 19.1. The van der Waals surface area contributed by atoms with Crippen molar-refractivity contribution in [3.63, 3.8) is 0 Å². The predicted molar refractivity (Wildman–Crippen MR) is 167 cm³/mol. The summed E-state index contributed by atoms with van der Waals surface area (Å²) in [6.07, 6.45) is 0.968. The second-order valence-electron chi connectivity index (χ2n) is 12.3. The highest BCUT2D eigenvalue weighted by molar-refractivity contribution is 5.88. The molecular formula is C33H35F2N7O3. The summed E-state index contributed by atoms with van der Waals surface area (Å²) < 4.78 is 38.2. The molecule has 1 aliphatic heterocycles. The zero-order valence-corrected chi connectivity index (χ0v) is 26.0. The first-order valence-corrected chi connectivity index (χ1v) is 14.6. The zero-order chi connectivity index (χ0) is 32.8. The molecule has 4 heterocycles. The van der Waals surface area contributed by atoms with Gasteiger partial charge in [-0.05, 0) is 63.4 Å². The van der Waals surface area contributed by atoms with E-state index >= 15 is 8.78 Å². The summed E-state index contributed by atoms with van der Waals surface area (Å²) in [7, 11) is 0. The molecule has 45 heavy (non-hydrogen) atoms. The van der Waals surface area contributed by atoms with Gasteiger partial charge in [0.25, 0.3) is 5.56 Å². The fraction of sp³-hybridized carbons (Fsp3) is 0.364. The quantitative estimate of drug-likeness (QED) is 0.287. The molecule has 1 fully saturated rings. The normalized spacial score (nSPS) is 15.4. The summed E-state index contributed by atoms with van der Waals surface area (Å²) in [5.41, 5.74) is 5.19. The smallest absolute Gasteiger partial charge is 0.410 e. The first kappa shape index (κ1) is 31.5. The first-order chi connectivity index (χ1) is 21.2. The van der Waals surface area contributed by atoms with Gasteiger partial charge in [-0.1, -0.05) is 19.9 Å². The van der Waals surface area contributed by atoms with Gasteiger partial charge >= 0.3 is 6.09 Å². The number of carbonyl (C=O) groups is 1. The molecule has 12 heteroatoms. The number of anilines is 1. The molecule has 1 aliphatic rings. The molecule has 3 N–H and O–H groups in total. The lowest BCUT2D eigenvalue weighted by atomic mass is 9.94. The maximum atomic E-state index is 16.2. The van der Waals surface area contributed by atoms with E-state index in [2.05, 4.69) is 15.3 Å². The minimum Gasteiger partial charge on any atom is -0.444 e. The number of rotatable bonds is 4. The summed E-state index contributed by atoms with van der Waals surface area (Å²) in [5, 5.41) is 13.8. The summed E-state index contributed by atoms with van der Waals surface area (Å²) >= 11 is 0. The Labute approximate surface area is 259 Å². The van der Waals surface area contributed by atoms with Crippen LogP contribution in [0.15, 0.2) is 41.3 Å². The lowest BCUT2D eigenvalue weighted by Gasteiger charge is -2.38. The number of aryl methyl sites for hydroxylation is 1. The van der Waals surface area contributed by atoms with E-state index in [0.29, 0.717) is 23.5 Å². The van der Waals surface area contributed by atoms with Crippen LogP contribution in [0.2, 0.25) is 0 Å². The Hall–Kier alpha value is -4.89. The number of pyridine rings is 3. The van der Waals surface area contributed by atoms with E-state index in [4.69, 9.17) is 10.5 Å². The third-order valence-electron chi connectivity index (χ3n) is 7.67. The minimum atomic E-state index is -0.922.